The van der Waals surface area contributed by atoms with Gasteiger partial charge in [-0.05, 0) is 110 Å². The minimum absolute atomic E-state index is 0.100. The molecule has 0 spiro atoms. The molecule has 0 aromatic rings. The van der Waals surface area contributed by atoms with Gasteiger partial charge >= 0.3 is 0 Å². The van der Waals surface area contributed by atoms with E-state index in [4.69, 9.17) is 0 Å². The predicted octanol–water partition coefficient (Wildman–Crippen LogP) is 8.19. The Hall–Kier alpha value is -0.560. The molecule has 3 saturated carbocycles. The number of rotatable bonds is 5. The lowest BCUT2D eigenvalue weighted by Gasteiger charge is -2.65. The van der Waals surface area contributed by atoms with Crippen molar-refractivity contribution in [2.24, 2.45) is 51.8 Å². The van der Waals surface area contributed by atoms with E-state index in [9.17, 15) is 5.11 Å². The Labute approximate surface area is 193 Å². The van der Waals surface area contributed by atoms with Crippen LogP contribution in [-0.4, -0.2) is 11.2 Å². The monoisotopic (exact) mass is 426 g/mol. The number of hydrogen-bond acceptors (Lipinski definition) is 1. The van der Waals surface area contributed by atoms with Gasteiger partial charge in [-0.15, -0.1) is 0 Å². The molecule has 0 amide bonds. The Morgan fingerprint density at radius 3 is 2.42 bits per heavy atom. The molecule has 0 heterocycles. The average Bonchev–Trinajstić information content (AvgIpc) is 3.07. The van der Waals surface area contributed by atoms with Gasteiger partial charge in [-0.2, -0.15) is 0 Å². The van der Waals surface area contributed by atoms with Gasteiger partial charge in [0, 0.05) is 0 Å². The molecule has 0 aromatic carbocycles. The zero-order valence-corrected chi connectivity index (χ0v) is 21.6. The third kappa shape index (κ3) is 3.60. The molecule has 0 aromatic heterocycles. The summed E-state index contributed by atoms with van der Waals surface area (Å²) in [5.41, 5.74) is 2.81. The summed E-state index contributed by atoms with van der Waals surface area (Å²) >= 11 is 0. The summed E-state index contributed by atoms with van der Waals surface area (Å²) in [6, 6.07) is 0. The second-order valence-corrected chi connectivity index (χ2v) is 13.1. The summed E-state index contributed by atoms with van der Waals surface area (Å²) in [4.78, 5) is 0. The van der Waals surface area contributed by atoms with E-state index in [1.165, 1.54) is 44.9 Å². The van der Waals surface area contributed by atoms with E-state index in [0.29, 0.717) is 22.2 Å². The molecule has 0 unspecified atom stereocenters. The van der Waals surface area contributed by atoms with Crippen molar-refractivity contribution in [1.82, 2.24) is 0 Å². The number of hydrogen-bond donors (Lipinski definition) is 1. The maximum absolute atomic E-state index is 10.3. The molecule has 4 aliphatic rings. The van der Waals surface area contributed by atoms with Crippen LogP contribution >= 0.6 is 0 Å². The van der Waals surface area contributed by atoms with Gasteiger partial charge in [0.2, 0.25) is 0 Å². The normalized spacial score (nSPS) is 46.9. The van der Waals surface area contributed by atoms with E-state index < -0.39 is 0 Å². The van der Waals surface area contributed by atoms with Gasteiger partial charge in [0.25, 0.3) is 0 Å². The minimum atomic E-state index is -0.100. The van der Waals surface area contributed by atoms with Crippen LogP contribution in [0, 0.1) is 51.8 Å². The van der Waals surface area contributed by atoms with Gasteiger partial charge in [-0.1, -0.05) is 72.3 Å². The molecule has 4 aliphatic carbocycles. The van der Waals surface area contributed by atoms with Crippen LogP contribution in [-0.2, 0) is 0 Å². The molecule has 4 rings (SSSR count). The average molecular weight is 427 g/mol. The number of fused-ring (bicyclic) bond motifs is 5. The molecule has 1 N–H and O–H groups in total. The van der Waals surface area contributed by atoms with Crippen molar-refractivity contribution >= 4 is 0 Å². The molecule has 0 aliphatic heterocycles. The summed E-state index contributed by atoms with van der Waals surface area (Å²) in [7, 11) is 0. The maximum Gasteiger partial charge on any atom is 0.0577 e. The van der Waals surface area contributed by atoms with Crippen LogP contribution in [0.25, 0.3) is 0 Å². The predicted molar refractivity (Wildman–Crippen MR) is 133 cm³/mol. The Kier molecular flexibility index (Phi) is 6.35. The van der Waals surface area contributed by atoms with Crippen molar-refractivity contribution in [2.45, 2.75) is 112 Å². The fraction of sp³-hybridized carbons (Fsp3) is 0.867. The van der Waals surface area contributed by atoms with Crippen LogP contribution in [0.4, 0.5) is 0 Å². The topological polar surface area (TPSA) is 20.2 Å². The molecule has 0 saturated heterocycles. The molecule has 3 fully saturated rings. The maximum atomic E-state index is 10.3. The summed E-state index contributed by atoms with van der Waals surface area (Å²) < 4.78 is 0. The van der Waals surface area contributed by atoms with Gasteiger partial charge in [-0.25, -0.2) is 0 Å². The lowest BCUT2D eigenvalue weighted by Crippen LogP contribution is -2.57. The van der Waals surface area contributed by atoms with Crippen LogP contribution in [0.2, 0.25) is 0 Å². The summed E-state index contributed by atoms with van der Waals surface area (Å²) in [5.74, 6) is 4.70. The largest absolute Gasteiger partial charge is 0.393 e. The van der Waals surface area contributed by atoms with Crippen LogP contribution in [0.15, 0.2) is 23.8 Å². The molecule has 9 atom stereocenters. The SMILES string of the molecule is CC[C@H](C=C[C@@H](C)[C@H]1CC[C@]2(C)[C@@H]1CC[C@@H]1[C@@]3(C)CC[C@H](O)CC3=CC[C@]12C)C(C)C. The first-order valence-corrected chi connectivity index (χ1v) is 13.6. The standard InChI is InChI=1S/C30H50O/c1-8-22(20(2)3)10-9-21(4)25-15-18-29(6)26(25)11-12-27-28(5)16-14-24(31)19-23(28)13-17-30(27,29)7/h9-10,13,20-22,24-27,31H,8,11-12,14-19H2,1-7H3/t21-,22-,24+,25-,26-,27-,28+,29-,30-/m1/s1. The first-order valence-electron chi connectivity index (χ1n) is 13.6. The molecule has 176 valence electrons. The van der Waals surface area contributed by atoms with Crippen molar-refractivity contribution in [3.05, 3.63) is 23.8 Å². The lowest BCUT2D eigenvalue weighted by atomic mass is 9.40. The minimum Gasteiger partial charge on any atom is -0.393 e. The van der Waals surface area contributed by atoms with Crippen LogP contribution in [0.3, 0.4) is 0 Å². The highest BCUT2D eigenvalue weighted by atomic mass is 16.3. The van der Waals surface area contributed by atoms with Gasteiger partial charge in [0.1, 0.15) is 0 Å². The second kappa shape index (κ2) is 8.34. The summed E-state index contributed by atoms with van der Waals surface area (Å²) in [6.45, 7) is 17.5. The highest BCUT2D eigenvalue weighted by Crippen LogP contribution is 2.73. The fourth-order valence-electron chi connectivity index (χ4n) is 9.21. The Bertz CT molecular complexity index is 718. The van der Waals surface area contributed by atoms with Crippen molar-refractivity contribution in [2.75, 3.05) is 0 Å². The van der Waals surface area contributed by atoms with Crippen LogP contribution in [0.5, 0.6) is 0 Å². The molecule has 0 bridgehead atoms. The van der Waals surface area contributed by atoms with Gasteiger partial charge < -0.3 is 5.11 Å². The zero-order valence-electron chi connectivity index (χ0n) is 21.6. The molecular formula is C30H50O. The Morgan fingerprint density at radius 2 is 1.74 bits per heavy atom. The van der Waals surface area contributed by atoms with Gasteiger partial charge in [0.15, 0.2) is 0 Å². The van der Waals surface area contributed by atoms with Crippen LogP contribution < -0.4 is 0 Å². The van der Waals surface area contributed by atoms with E-state index in [2.05, 4.69) is 66.7 Å². The third-order valence-electron chi connectivity index (χ3n) is 11.6. The number of aliphatic hydroxyl groups excluding tert-OH is 1. The molecule has 0 radical (unpaired) electrons. The van der Waals surface area contributed by atoms with Crippen molar-refractivity contribution < 1.29 is 5.11 Å². The first-order chi connectivity index (χ1) is 14.6. The van der Waals surface area contributed by atoms with Crippen molar-refractivity contribution in [3.63, 3.8) is 0 Å². The molecule has 31 heavy (non-hydrogen) atoms. The number of aliphatic hydroxyl groups is 1. The van der Waals surface area contributed by atoms with Gasteiger partial charge in [0.05, 0.1) is 6.10 Å². The Balaban J connectivity index is 1.58. The van der Waals surface area contributed by atoms with Crippen LogP contribution in [0.1, 0.15) is 106 Å². The summed E-state index contributed by atoms with van der Waals surface area (Å²) in [6.07, 6.45) is 18.9. The summed E-state index contributed by atoms with van der Waals surface area (Å²) in [5, 5.41) is 10.3. The quantitative estimate of drug-likeness (QED) is 0.439. The smallest absolute Gasteiger partial charge is 0.0577 e. The molecule has 1 heteroatoms. The van der Waals surface area contributed by atoms with Crippen molar-refractivity contribution in [3.8, 4) is 0 Å². The number of allylic oxidation sites excluding steroid dienone is 3. The highest BCUT2D eigenvalue weighted by Gasteiger charge is 2.65. The van der Waals surface area contributed by atoms with E-state index in [1.54, 1.807) is 5.57 Å². The molecular weight excluding hydrogens is 376 g/mol. The highest BCUT2D eigenvalue weighted by molar-refractivity contribution is 5.28. The zero-order chi connectivity index (χ0) is 22.6. The fourth-order valence-corrected chi connectivity index (χ4v) is 9.21. The van der Waals surface area contributed by atoms with E-state index in [0.717, 1.165) is 42.4 Å². The first kappa shape index (κ1) is 23.6. The third-order valence-corrected chi connectivity index (χ3v) is 11.6. The Morgan fingerprint density at radius 1 is 1.00 bits per heavy atom. The molecule has 1 nitrogen and oxygen atoms in total. The second-order valence-electron chi connectivity index (χ2n) is 13.1. The van der Waals surface area contributed by atoms with E-state index in [1.807, 2.05) is 0 Å². The van der Waals surface area contributed by atoms with Gasteiger partial charge in [-0.3, -0.25) is 0 Å². The van der Waals surface area contributed by atoms with E-state index >= 15 is 0 Å². The van der Waals surface area contributed by atoms with Crippen molar-refractivity contribution in [1.29, 1.82) is 0 Å². The lowest BCUT2D eigenvalue weighted by molar-refractivity contribution is -0.129. The van der Waals surface area contributed by atoms with E-state index in [-0.39, 0.29) is 6.10 Å².